The van der Waals surface area contributed by atoms with Gasteiger partial charge in [0.2, 0.25) is 0 Å². The van der Waals surface area contributed by atoms with E-state index in [4.69, 9.17) is 4.42 Å². The van der Waals surface area contributed by atoms with E-state index >= 15 is 0 Å². The highest BCUT2D eigenvalue weighted by Crippen LogP contribution is 2.07. The Morgan fingerprint density at radius 2 is 2.29 bits per heavy atom. The maximum atomic E-state index is 11.3. The van der Waals surface area contributed by atoms with Crippen LogP contribution in [0, 0.1) is 0 Å². The summed E-state index contributed by atoms with van der Waals surface area (Å²) in [6.45, 7) is 2.80. The Balaban J connectivity index is 1.75. The fourth-order valence-corrected chi connectivity index (χ4v) is 1.96. The zero-order chi connectivity index (χ0) is 15.1. The summed E-state index contributed by atoms with van der Waals surface area (Å²) in [7, 11) is 1.36. The van der Waals surface area contributed by atoms with E-state index in [9.17, 15) is 4.79 Å². The van der Waals surface area contributed by atoms with E-state index in [1.54, 1.807) is 12.3 Å². The third-order valence-electron chi connectivity index (χ3n) is 3.28. The lowest BCUT2D eigenvalue weighted by molar-refractivity contribution is 0.0600. The molecule has 2 aromatic rings. The van der Waals surface area contributed by atoms with Crippen molar-refractivity contribution >= 4 is 5.97 Å². The molecule has 0 aliphatic heterocycles. The molecular weight excluding hydrogens is 268 g/mol. The lowest BCUT2D eigenvalue weighted by Gasteiger charge is -2.12. The zero-order valence-corrected chi connectivity index (χ0v) is 12.3. The Morgan fingerprint density at radius 1 is 1.43 bits per heavy atom. The number of methoxy groups -OCH3 is 1. The molecule has 1 atom stereocenters. The highest BCUT2D eigenvalue weighted by Gasteiger charge is 2.07. The average molecular weight is 288 g/mol. The molecule has 2 aromatic heterocycles. The highest BCUT2D eigenvalue weighted by molar-refractivity contribution is 5.88. The number of rotatable bonds is 7. The van der Waals surface area contributed by atoms with E-state index in [1.807, 2.05) is 18.2 Å². The lowest BCUT2D eigenvalue weighted by Crippen LogP contribution is -2.26. The Kier molecular flexibility index (Phi) is 5.51. The molecule has 21 heavy (non-hydrogen) atoms. The second-order valence-corrected chi connectivity index (χ2v) is 4.93. The smallest absolute Gasteiger partial charge is 0.339 e. The number of aryl methyl sites for hydroxylation is 1. The Bertz CT molecular complexity index is 549. The van der Waals surface area contributed by atoms with Gasteiger partial charge < -0.3 is 14.5 Å². The summed E-state index contributed by atoms with van der Waals surface area (Å²) < 4.78 is 9.95. The minimum atomic E-state index is -0.367. The van der Waals surface area contributed by atoms with E-state index in [0.29, 0.717) is 18.2 Å². The number of pyridine rings is 1. The van der Waals surface area contributed by atoms with Gasteiger partial charge in [0.15, 0.2) is 0 Å². The monoisotopic (exact) mass is 288 g/mol. The molecule has 0 spiro atoms. The topological polar surface area (TPSA) is 64.4 Å². The van der Waals surface area contributed by atoms with Gasteiger partial charge in [-0.2, -0.15) is 0 Å². The number of esters is 1. The minimum Gasteiger partial charge on any atom is -0.469 e. The summed E-state index contributed by atoms with van der Waals surface area (Å²) >= 11 is 0. The molecule has 0 saturated carbocycles. The number of aromatic nitrogens is 1. The van der Waals surface area contributed by atoms with Crippen molar-refractivity contribution in [2.24, 2.45) is 0 Å². The predicted molar refractivity (Wildman–Crippen MR) is 78.9 cm³/mol. The van der Waals surface area contributed by atoms with Gasteiger partial charge in [-0.3, -0.25) is 4.98 Å². The molecule has 0 aromatic carbocycles. The van der Waals surface area contributed by atoms with Crippen molar-refractivity contribution in [3.63, 3.8) is 0 Å². The molecule has 1 N–H and O–H groups in total. The van der Waals surface area contributed by atoms with E-state index in [1.165, 1.54) is 13.3 Å². The van der Waals surface area contributed by atoms with Crippen LogP contribution in [0.1, 0.15) is 35.2 Å². The Labute approximate surface area is 124 Å². The van der Waals surface area contributed by atoms with E-state index in [0.717, 1.165) is 24.3 Å². The van der Waals surface area contributed by atoms with Crippen molar-refractivity contribution in [2.75, 3.05) is 7.11 Å². The fourth-order valence-electron chi connectivity index (χ4n) is 1.96. The van der Waals surface area contributed by atoms with Gasteiger partial charge >= 0.3 is 5.97 Å². The summed E-state index contributed by atoms with van der Waals surface area (Å²) in [6, 6.07) is 7.80. The summed E-state index contributed by atoms with van der Waals surface area (Å²) in [4.78, 5) is 15.5. The van der Waals surface area contributed by atoms with Crippen LogP contribution in [0.2, 0.25) is 0 Å². The van der Waals surface area contributed by atoms with Crippen LogP contribution in [0.3, 0.4) is 0 Å². The quantitative estimate of drug-likeness (QED) is 0.793. The summed E-state index contributed by atoms with van der Waals surface area (Å²) in [5.41, 5.74) is 1.36. The number of hydrogen-bond acceptors (Lipinski definition) is 5. The SMILES string of the molecule is COC(=O)c1ccc(CNC(C)CCc2ccco2)nc1. The van der Waals surface area contributed by atoms with Crippen LogP contribution < -0.4 is 5.32 Å². The van der Waals surface area contributed by atoms with Gasteiger partial charge in [-0.25, -0.2) is 4.79 Å². The van der Waals surface area contributed by atoms with E-state index in [-0.39, 0.29) is 5.97 Å². The first-order chi connectivity index (χ1) is 10.2. The first-order valence-electron chi connectivity index (χ1n) is 6.98. The van der Waals surface area contributed by atoms with Crippen LogP contribution >= 0.6 is 0 Å². The molecule has 1 unspecified atom stereocenters. The largest absolute Gasteiger partial charge is 0.469 e. The lowest BCUT2D eigenvalue weighted by atomic mass is 10.1. The molecule has 112 valence electrons. The van der Waals surface area contributed by atoms with Crippen LogP contribution in [-0.2, 0) is 17.7 Å². The number of nitrogens with one attached hydrogen (secondary N) is 1. The van der Waals surface area contributed by atoms with Crippen molar-refractivity contribution in [1.82, 2.24) is 10.3 Å². The molecule has 0 radical (unpaired) electrons. The van der Waals surface area contributed by atoms with Crippen molar-refractivity contribution < 1.29 is 13.9 Å². The second-order valence-electron chi connectivity index (χ2n) is 4.93. The molecule has 0 aliphatic rings. The number of ether oxygens (including phenoxy) is 1. The minimum absolute atomic E-state index is 0.359. The maximum absolute atomic E-state index is 11.3. The van der Waals surface area contributed by atoms with Gasteiger partial charge in [-0.1, -0.05) is 0 Å². The third-order valence-corrected chi connectivity index (χ3v) is 3.28. The van der Waals surface area contributed by atoms with Crippen molar-refractivity contribution in [3.05, 3.63) is 53.7 Å². The van der Waals surface area contributed by atoms with Gasteiger partial charge in [0.25, 0.3) is 0 Å². The van der Waals surface area contributed by atoms with Crippen molar-refractivity contribution in [1.29, 1.82) is 0 Å². The molecule has 0 bridgehead atoms. The second kappa shape index (κ2) is 7.59. The molecule has 0 saturated heterocycles. The number of carbonyl (C=O) groups is 1. The standard InChI is InChI=1S/C16H20N2O3/c1-12(5-8-15-4-3-9-21-15)17-11-14-7-6-13(10-18-14)16(19)20-2/h3-4,6-7,9-10,12,17H,5,8,11H2,1-2H3. The number of carbonyl (C=O) groups excluding carboxylic acids is 1. The van der Waals surface area contributed by atoms with Gasteiger partial charge in [0.05, 0.1) is 24.6 Å². The van der Waals surface area contributed by atoms with Gasteiger partial charge in [0, 0.05) is 25.2 Å². The molecule has 0 fully saturated rings. The molecular formula is C16H20N2O3. The maximum Gasteiger partial charge on any atom is 0.339 e. The number of furan rings is 1. The van der Waals surface area contributed by atoms with Gasteiger partial charge in [0.1, 0.15) is 5.76 Å². The van der Waals surface area contributed by atoms with Gasteiger partial charge in [-0.15, -0.1) is 0 Å². The normalized spacial score (nSPS) is 12.1. The fraction of sp³-hybridized carbons (Fsp3) is 0.375. The number of hydrogen-bond donors (Lipinski definition) is 1. The third kappa shape index (κ3) is 4.72. The molecule has 5 nitrogen and oxygen atoms in total. The molecule has 0 aliphatic carbocycles. The molecule has 5 heteroatoms. The van der Waals surface area contributed by atoms with Crippen molar-refractivity contribution in [3.8, 4) is 0 Å². The first-order valence-corrected chi connectivity index (χ1v) is 6.98. The molecule has 0 amide bonds. The Hall–Kier alpha value is -2.14. The molecule has 2 heterocycles. The van der Waals surface area contributed by atoms with Crippen LogP contribution in [0.5, 0.6) is 0 Å². The summed E-state index contributed by atoms with van der Waals surface area (Å²) in [5, 5.41) is 3.40. The number of nitrogens with zero attached hydrogens (tertiary/aromatic N) is 1. The van der Waals surface area contributed by atoms with E-state index < -0.39 is 0 Å². The highest BCUT2D eigenvalue weighted by atomic mass is 16.5. The van der Waals surface area contributed by atoms with Crippen LogP contribution in [-0.4, -0.2) is 24.1 Å². The van der Waals surface area contributed by atoms with Gasteiger partial charge in [-0.05, 0) is 37.6 Å². The predicted octanol–water partition coefficient (Wildman–Crippen LogP) is 2.57. The molecule has 2 rings (SSSR count). The van der Waals surface area contributed by atoms with Crippen molar-refractivity contribution in [2.45, 2.75) is 32.4 Å². The van der Waals surface area contributed by atoms with Crippen LogP contribution in [0.25, 0.3) is 0 Å². The first kappa shape index (κ1) is 15.3. The summed E-state index contributed by atoms with van der Waals surface area (Å²) in [5.74, 6) is 0.637. The van der Waals surface area contributed by atoms with Crippen LogP contribution in [0.15, 0.2) is 41.1 Å². The van der Waals surface area contributed by atoms with E-state index in [2.05, 4.69) is 22.0 Å². The van der Waals surface area contributed by atoms with Crippen LogP contribution in [0.4, 0.5) is 0 Å². The average Bonchev–Trinajstić information content (AvgIpc) is 3.04. The Morgan fingerprint density at radius 3 is 2.90 bits per heavy atom. The summed E-state index contributed by atoms with van der Waals surface area (Å²) in [6.07, 6.45) is 5.14. The zero-order valence-electron chi connectivity index (χ0n) is 12.3.